The normalized spacial score (nSPS) is 18.3. The number of amides is 2. The molecule has 7 nitrogen and oxygen atoms in total. The Kier molecular flexibility index (Phi) is 5.10. The van der Waals surface area contributed by atoms with Crippen molar-refractivity contribution in [2.24, 2.45) is 0 Å². The molecule has 1 atom stereocenters. The van der Waals surface area contributed by atoms with Crippen LogP contribution in [0.2, 0.25) is 0 Å². The maximum atomic E-state index is 14.5. The number of hydrogen-bond donors (Lipinski definition) is 1. The van der Waals surface area contributed by atoms with Gasteiger partial charge in [-0.2, -0.15) is 0 Å². The van der Waals surface area contributed by atoms with Crippen molar-refractivity contribution in [3.8, 4) is 0 Å². The van der Waals surface area contributed by atoms with Crippen molar-refractivity contribution in [3.63, 3.8) is 0 Å². The van der Waals surface area contributed by atoms with Gasteiger partial charge in [0.2, 0.25) is 5.76 Å². The third-order valence-corrected chi connectivity index (χ3v) is 7.64. The van der Waals surface area contributed by atoms with E-state index in [9.17, 15) is 19.5 Å². The Morgan fingerprint density at radius 3 is 2.35 bits per heavy atom. The smallest absolute Gasteiger partial charge is 0.291 e. The number of rotatable bonds is 4. The molecule has 1 aromatic heterocycles. The highest BCUT2D eigenvalue weighted by atomic mass is 16.3. The number of anilines is 1. The van der Waals surface area contributed by atoms with Crippen LogP contribution >= 0.6 is 0 Å². The largest absolute Gasteiger partial charge is 0.450 e. The van der Waals surface area contributed by atoms with Crippen LogP contribution in [-0.4, -0.2) is 35.0 Å². The third-order valence-electron chi connectivity index (χ3n) is 7.64. The van der Waals surface area contributed by atoms with E-state index in [0.717, 1.165) is 22.3 Å². The first kappa shape index (κ1) is 23.2. The van der Waals surface area contributed by atoms with Gasteiger partial charge in [-0.05, 0) is 55.7 Å². The summed E-state index contributed by atoms with van der Waals surface area (Å²) in [5, 5.41) is 10.3. The molecule has 4 aromatic rings. The summed E-state index contributed by atoms with van der Waals surface area (Å²) >= 11 is 0. The Balaban J connectivity index is 1.65. The number of hydrogen-bond acceptors (Lipinski definition) is 5. The quantitative estimate of drug-likeness (QED) is 0.464. The van der Waals surface area contributed by atoms with Gasteiger partial charge in [-0.3, -0.25) is 14.4 Å². The van der Waals surface area contributed by atoms with Crippen molar-refractivity contribution < 1.29 is 19.1 Å². The van der Waals surface area contributed by atoms with Crippen LogP contribution in [0.25, 0.3) is 11.0 Å². The predicted octanol–water partition coefficient (Wildman–Crippen LogP) is 3.96. The Morgan fingerprint density at radius 1 is 0.919 bits per heavy atom. The van der Waals surface area contributed by atoms with E-state index >= 15 is 0 Å². The number of carbonyl (C=O) groups is 2. The number of nitrogens with zero attached hydrogens (tertiary/aromatic N) is 2. The molecule has 1 spiro atoms. The summed E-state index contributed by atoms with van der Waals surface area (Å²) in [6, 6.07) is 18.6. The molecule has 0 bridgehead atoms. The Morgan fingerprint density at radius 2 is 1.62 bits per heavy atom. The zero-order chi connectivity index (χ0) is 26.1. The lowest BCUT2D eigenvalue weighted by Crippen LogP contribution is -2.54. The molecule has 0 saturated carbocycles. The fraction of sp³-hybridized carbons (Fsp3) is 0.233. The molecule has 3 heterocycles. The van der Waals surface area contributed by atoms with Crippen LogP contribution in [0.5, 0.6) is 0 Å². The first-order valence-electron chi connectivity index (χ1n) is 12.3. The minimum Gasteiger partial charge on any atom is -0.450 e. The summed E-state index contributed by atoms with van der Waals surface area (Å²) in [7, 11) is 0. The van der Waals surface area contributed by atoms with Gasteiger partial charge in [0.05, 0.1) is 29.8 Å². The van der Waals surface area contributed by atoms with E-state index in [0.29, 0.717) is 22.2 Å². The van der Waals surface area contributed by atoms with Crippen molar-refractivity contribution in [3.05, 3.63) is 110 Å². The SMILES string of the molecule is Cc1ccc(CN2C(=O)C3(c4ccccc42)c2c(oc4cc(C)c(C)cc4c2=O)C(=O)N3CCO)cc1. The van der Waals surface area contributed by atoms with E-state index < -0.39 is 22.8 Å². The number of carbonyl (C=O) groups excluding carboxylic acids is 2. The third kappa shape index (κ3) is 3.07. The highest BCUT2D eigenvalue weighted by molar-refractivity contribution is 6.17. The Labute approximate surface area is 213 Å². The van der Waals surface area contributed by atoms with Gasteiger partial charge in [0.1, 0.15) is 5.58 Å². The van der Waals surface area contributed by atoms with Crippen LogP contribution < -0.4 is 10.3 Å². The molecule has 37 heavy (non-hydrogen) atoms. The van der Waals surface area contributed by atoms with Crippen LogP contribution in [0.3, 0.4) is 0 Å². The average molecular weight is 495 g/mol. The van der Waals surface area contributed by atoms with Crippen LogP contribution in [0.1, 0.15) is 43.9 Å². The molecule has 186 valence electrons. The molecule has 2 aliphatic rings. The Hall–Kier alpha value is -4.23. The minimum atomic E-state index is -1.72. The highest BCUT2D eigenvalue weighted by Gasteiger charge is 2.64. The molecule has 1 N–H and O–H groups in total. The van der Waals surface area contributed by atoms with Gasteiger partial charge < -0.3 is 19.3 Å². The summed E-state index contributed by atoms with van der Waals surface area (Å²) in [5.74, 6) is -1.14. The molecule has 0 saturated heterocycles. The molecule has 2 amide bonds. The molecule has 2 aliphatic heterocycles. The van der Waals surface area contributed by atoms with Gasteiger partial charge >= 0.3 is 0 Å². The van der Waals surface area contributed by atoms with Crippen molar-refractivity contribution in [2.75, 3.05) is 18.1 Å². The number of aliphatic hydroxyl groups excluding tert-OH is 1. The lowest BCUT2D eigenvalue weighted by molar-refractivity contribution is -0.126. The zero-order valence-corrected chi connectivity index (χ0v) is 20.9. The summed E-state index contributed by atoms with van der Waals surface area (Å²) < 4.78 is 6.08. The van der Waals surface area contributed by atoms with E-state index in [2.05, 4.69) is 0 Å². The second kappa shape index (κ2) is 8.15. The molecule has 0 aliphatic carbocycles. The fourth-order valence-corrected chi connectivity index (χ4v) is 5.68. The second-order valence-corrected chi connectivity index (χ2v) is 9.85. The summed E-state index contributed by atoms with van der Waals surface area (Å²) in [6.07, 6.45) is 0. The van der Waals surface area contributed by atoms with E-state index in [1.165, 1.54) is 4.90 Å². The first-order valence-corrected chi connectivity index (χ1v) is 12.3. The van der Waals surface area contributed by atoms with E-state index in [-0.39, 0.29) is 31.0 Å². The number of aryl methyl sites for hydroxylation is 3. The number of fused-ring (bicyclic) bond motifs is 5. The second-order valence-electron chi connectivity index (χ2n) is 9.85. The van der Waals surface area contributed by atoms with Gasteiger partial charge in [0, 0.05) is 12.1 Å². The van der Waals surface area contributed by atoms with Gasteiger partial charge in [0.25, 0.3) is 11.8 Å². The van der Waals surface area contributed by atoms with Crippen molar-refractivity contribution in [1.82, 2.24) is 4.90 Å². The van der Waals surface area contributed by atoms with Gasteiger partial charge in [0.15, 0.2) is 11.0 Å². The van der Waals surface area contributed by atoms with Gasteiger partial charge in [-0.25, -0.2) is 0 Å². The summed E-state index contributed by atoms with van der Waals surface area (Å²) in [6.45, 7) is 5.57. The molecular formula is C30H26N2O5. The molecule has 0 radical (unpaired) electrons. The maximum Gasteiger partial charge on any atom is 0.291 e. The van der Waals surface area contributed by atoms with Crippen molar-refractivity contribution >= 4 is 28.5 Å². The molecule has 0 fully saturated rings. The van der Waals surface area contributed by atoms with E-state index in [4.69, 9.17) is 4.42 Å². The maximum absolute atomic E-state index is 14.5. The minimum absolute atomic E-state index is 0.0190. The number of para-hydroxylation sites is 1. The lowest BCUT2D eigenvalue weighted by Gasteiger charge is -2.33. The van der Waals surface area contributed by atoms with Crippen LogP contribution in [0.15, 0.2) is 69.9 Å². The summed E-state index contributed by atoms with van der Waals surface area (Å²) in [4.78, 5) is 45.3. The Bertz CT molecular complexity index is 1670. The number of benzene rings is 3. The van der Waals surface area contributed by atoms with Crippen LogP contribution in [0, 0.1) is 20.8 Å². The fourth-order valence-electron chi connectivity index (χ4n) is 5.68. The monoisotopic (exact) mass is 494 g/mol. The average Bonchev–Trinajstić information content (AvgIpc) is 3.27. The van der Waals surface area contributed by atoms with E-state index in [1.54, 1.807) is 29.2 Å². The first-order chi connectivity index (χ1) is 17.8. The summed E-state index contributed by atoms with van der Waals surface area (Å²) in [5.41, 5.74) is 3.20. The lowest BCUT2D eigenvalue weighted by atomic mass is 9.84. The van der Waals surface area contributed by atoms with Crippen molar-refractivity contribution in [2.45, 2.75) is 32.9 Å². The molecule has 3 aromatic carbocycles. The van der Waals surface area contributed by atoms with Crippen LogP contribution in [-0.2, 0) is 16.9 Å². The van der Waals surface area contributed by atoms with Gasteiger partial charge in [-0.15, -0.1) is 0 Å². The molecule has 7 heteroatoms. The van der Waals surface area contributed by atoms with E-state index in [1.807, 2.05) is 57.2 Å². The predicted molar refractivity (Wildman–Crippen MR) is 140 cm³/mol. The molecular weight excluding hydrogens is 468 g/mol. The topological polar surface area (TPSA) is 91.1 Å². The van der Waals surface area contributed by atoms with Crippen molar-refractivity contribution in [1.29, 1.82) is 0 Å². The standard InChI is InChI=1S/C30H26N2O5/c1-17-8-10-20(11-9-17)16-31-23-7-5-4-6-22(23)30(29(31)36)25-26(34)21-14-18(2)19(3)15-24(21)37-27(25)28(35)32(30)12-13-33/h4-11,14-15,33H,12-13,16H2,1-3H3. The highest BCUT2D eigenvalue weighted by Crippen LogP contribution is 2.52. The molecule has 6 rings (SSSR count). The number of aliphatic hydroxyl groups is 1. The van der Waals surface area contributed by atoms with Gasteiger partial charge in [-0.1, -0.05) is 48.0 Å². The number of β-amino-alcohol motifs (C(OH)–C–C–N with tert-alkyl or cyclic N) is 1. The zero-order valence-electron chi connectivity index (χ0n) is 20.9. The van der Waals surface area contributed by atoms with Crippen LogP contribution in [0.4, 0.5) is 5.69 Å². The molecule has 1 unspecified atom stereocenters.